The van der Waals surface area contributed by atoms with Crippen LogP contribution >= 0.6 is 23.2 Å². The van der Waals surface area contributed by atoms with Crippen molar-refractivity contribution in [2.75, 3.05) is 4.72 Å². The summed E-state index contributed by atoms with van der Waals surface area (Å²) in [5.41, 5.74) is 1.16. The number of sulfonamides is 1. The van der Waals surface area contributed by atoms with Gasteiger partial charge in [0.2, 0.25) is 0 Å². The molecule has 6 heteroatoms. The molecule has 0 aliphatic rings. The zero-order valence-corrected chi connectivity index (χ0v) is 12.4. The Morgan fingerprint density at radius 2 is 1.63 bits per heavy atom. The Morgan fingerprint density at radius 1 is 1.00 bits per heavy atom. The molecule has 0 spiro atoms. The predicted octanol–water partition coefficient (Wildman–Crippen LogP) is 4.10. The maximum atomic E-state index is 12.2. The van der Waals surface area contributed by atoms with Gasteiger partial charge in [0.25, 0.3) is 10.0 Å². The van der Waals surface area contributed by atoms with Gasteiger partial charge in [-0.05, 0) is 55.0 Å². The van der Waals surface area contributed by atoms with Crippen LogP contribution in [-0.2, 0) is 10.0 Å². The Hall–Kier alpha value is -1.23. The van der Waals surface area contributed by atoms with Crippen molar-refractivity contribution >= 4 is 38.9 Å². The summed E-state index contributed by atoms with van der Waals surface area (Å²) in [6.07, 6.45) is 0. The Kier molecular flexibility index (Phi) is 4.04. The summed E-state index contributed by atoms with van der Waals surface area (Å²) in [5, 5.41) is 1.08. The third-order valence-electron chi connectivity index (χ3n) is 2.54. The highest BCUT2D eigenvalue weighted by molar-refractivity contribution is 7.92. The molecule has 0 radical (unpaired) electrons. The first-order chi connectivity index (χ1) is 8.88. The van der Waals surface area contributed by atoms with Crippen LogP contribution in [0.25, 0.3) is 0 Å². The van der Waals surface area contributed by atoms with Gasteiger partial charge < -0.3 is 0 Å². The molecular formula is C13H11Cl2NO2S. The van der Waals surface area contributed by atoms with E-state index in [1.54, 1.807) is 37.3 Å². The summed E-state index contributed by atoms with van der Waals surface area (Å²) in [6.45, 7) is 1.75. The summed E-state index contributed by atoms with van der Waals surface area (Å²) in [6, 6.07) is 11.0. The maximum Gasteiger partial charge on any atom is 0.261 e. The monoisotopic (exact) mass is 315 g/mol. The lowest BCUT2D eigenvalue weighted by atomic mass is 10.2. The first kappa shape index (κ1) is 14.2. The quantitative estimate of drug-likeness (QED) is 0.926. The van der Waals surface area contributed by atoms with Crippen molar-refractivity contribution < 1.29 is 8.42 Å². The molecule has 0 saturated heterocycles. The van der Waals surface area contributed by atoms with E-state index in [0.29, 0.717) is 21.3 Å². The number of halogens is 2. The highest BCUT2D eigenvalue weighted by atomic mass is 35.5. The molecule has 0 amide bonds. The van der Waals surface area contributed by atoms with E-state index in [9.17, 15) is 8.42 Å². The average Bonchev–Trinajstić information content (AvgIpc) is 2.35. The summed E-state index contributed by atoms with van der Waals surface area (Å²) in [5.74, 6) is 0. The van der Waals surface area contributed by atoms with Crippen molar-refractivity contribution in [3.8, 4) is 0 Å². The Bertz CT molecular complexity index is 697. The first-order valence-corrected chi connectivity index (χ1v) is 7.67. The zero-order valence-electron chi connectivity index (χ0n) is 10.0. The van der Waals surface area contributed by atoms with Crippen molar-refractivity contribution in [3.63, 3.8) is 0 Å². The lowest BCUT2D eigenvalue weighted by Crippen LogP contribution is -2.13. The van der Waals surface area contributed by atoms with Gasteiger partial charge in [0.1, 0.15) is 0 Å². The number of benzene rings is 2. The van der Waals surface area contributed by atoms with Crippen LogP contribution in [0, 0.1) is 6.92 Å². The Balaban J connectivity index is 2.32. The predicted molar refractivity (Wildman–Crippen MR) is 78.4 cm³/mol. The first-order valence-electron chi connectivity index (χ1n) is 5.43. The van der Waals surface area contributed by atoms with E-state index in [1.807, 2.05) is 0 Å². The standard InChI is InChI=1S/C13H11Cl2NO2S/c1-9-8-12(6-7-13(9)15)19(17,18)16-11-4-2-10(14)3-5-11/h2-8,16H,1H3. The molecule has 3 nitrogen and oxygen atoms in total. The van der Waals surface area contributed by atoms with Crippen LogP contribution in [0.1, 0.15) is 5.56 Å². The largest absolute Gasteiger partial charge is 0.280 e. The SMILES string of the molecule is Cc1cc(S(=O)(=O)Nc2ccc(Cl)cc2)ccc1Cl. The molecule has 1 N–H and O–H groups in total. The molecule has 2 aromatic carbocycles. The minimum atomic E-state index is -3.62. The minimum Gasteiger partial charge on any atom is -0.280 e. The van der Waals surface area contributed by atoms with Crippen LogP contribution in [-0.4, -0.2) is 8.42 Å². The molecule has 0 aromatic heterocycles. The van der Waals surface area contributed by atoms with Gasteiger partial charge in [0, 0.05) is 15.7 Å². The highest BCUT2D eigenvalue weighted by Crippen LogP contribution is 2.22. The van der Waals surface area contributed by atoms with E-state index >= 15 is 0 Å². The molecule has 0 atom stereocenters. The fourth-order valence-corrected chi connectivity index (χ4v) is 2.90. The third-order valence-corrected chi connectivity index (χ3v) is 4.59. The minimum absolute atomic E-state index is 0.171. The smallest absolute Gasteiger partial charge is 0.261 e. The van der Waals surface area contributed by atoms with E-state index < -0.39 is 10.0 Å². The van der Waals surface area contributed by atoms with Crippen molar-refractivity contribution in [1.29, 1.82) is 0 Å². The van der Waals surface area contributed by atoms with Crippen LogP contribution in [0.3, 0.4) is 0 Å². The van der Waals surface area contributed by atoms with Gasteiger partial charge >= 0.3 is 0 Å². The van der Waals surface area contributed by atoms with Crippen molar-refractivity contribution in [2.45, 2.75) is 11.8 Å². The van der Waals surface area contributed by atoms with Crippen LogP contribution in [0.4, 0.5) is 5.69 Å². The van der Waals surface area contributed by atoms with Gasteiger partial charge in [-0.15, -0.1) is 0 Å². The Labute approximate surface area is 122 Å². The average molecular weight is 316 g/mol. The normalized spacial score (nSPS) is 11.3. The van der Waals surface area contributed by atoms with E-state index in [-0.39, 0.29) is 4.90 Å². The summed E-state index contributed by atoms with van der Waals surface area (Å²) >= 11 is 11.6. The van der Waals surface area contributed by atoms with E-state index in [2.05, 4.69) is 4.72 Å². The van der Waals surface area contributed by atoms with Gasteiger partial charge in [-0.25, -0.2) is 8.42 Å². The van der Waals surface area contributed by atoms with Crippen molar-refractivity contribution in [2.24, 2.45) is 0 Å². The number of hydrogen-bond acceptors (Lipinski definition) is 2. The molecule has 0 heterocycles. The second-order valence-electron chi connectivity index (χ2n) is 4.02. The summed E-state index contributed by atoms with van der Waals surface area (Å²) in [7, 11) is -3.62. The molecule has 2 aromatic rings. The second kappa shape index (κ2) is 5.41. The molecule has 0 saturated carbocycles. The molecule has 0 aliphatic carbocycles. The summed E-state index contributed by atoms with van der Waals surface area (Å²) in [4.78, 5) is 0.171. The zero-order chi connectivity index (χ0) is 14.0. The number of anilines is 1. The van der Waals surface area contributed by atoms with Gasteiger partial charge in [-0.3, -0.25) is 4.72 Å². The van der Waals surface area contributed by atoms with Gasteiger partial charge in [-0.1, -0.05) is 23.2 Å². The molecule has 2 rings (SSSR count). The fraction of sp³-hybridized carbons (Fsp3) is 0.0769. The molecular weight excluding hydrogens is 305 g/mol. The van der Waals surface area contributed by atoms with Gasteiger partial charge in [0.05, 0.1) is 4.90 Å². The van der Waals surface area contributed by atoms with E-state index in [0.717, 1.165) is 0 Å². The van der Waals surface area contributed by atoms with Crippen LogP contribution in [0.5, 0.6) is 0 Å². The molecule has 0 aliphatic heterocycles. The van der Waals surface area contributed by atoms with Gasteiger partial charge in [0.15, 0.2) is 0 Å². The molecule has 100 valence electrons. The molecule has 0 unspecified atom stereocenters. The van der Waals surface area contributed by atoms with Crippen LogP contribution in [0.15, 0.2) is 47.4 Å². The number of nitrogens with one attached hydrogen (secondary N) is 1. The van der Waals surface area contributed by atoms with Crippen molar-refractivity contribution in [3.05, 3.63) is 58.1 Å². The van der Waals surface area contributed by atoms with Gasteiger partial charge in [-0.2, -0.15) is 0 Å². The number of aryl methyl sites for hydroxylation is 1. The lowest BCUT2D eigenvalue weighted by molar-refractivity contribution is 0.601. The highest BCUT2D eigenvalue weighted by Gasteiger charge is 2.14. The third kappa shape index (κ3) is 3.41. The number of rotatable bonds is 3. The lowest BCUT2D eigenvalue weighted by Gasteiger charge is -2.09. The van der Waals surface area contributed by atoms with E-state index in [4.69, 9.17) is 23.2 Å². The Morgan fingerprint density at radius 3 is 2.21 bits per heavy atom. The van der Waals surface area contributed by atoms with E-state index in [1.165, 1.54) is 12.1 Å². The fourth-order valence-electron chi connectivity index (χ4n) is 1.52. The van der Waals surface area contributed by atoms with Crippen LogP contribution < -0.4 is 4.72 Å². The second-order valence-corrected chi connectivity index (χ2v) is 6.55. The van der Waals surface area contributed by atoms with Crippen LogP contribution in [0.2, 0.25) is 10.0 Å². The molecule has 0 bridgehead atoms. The summed E-state index contributed by atoms with van der Waals surface area (Å²) < 4.78 is 26.8. The number of hydrogen-bond donors (Lipinski definition) is 1. The maximum absolute atomic E-state index is 12.2. The van der Waals surface area contributed by atoms with Crippen molar-refractivity contribution in [1.82, 2.24) is 0 Å². The topological polar surface area (TPSA) is 46.2 Å². The molecule has 0 fully saturated rings. The molecule has 19 heavy (non-hydrogen) atoms.